The van der Waals surface area contributed by atoms with Crippen molar-refractivity contribution in [3.8, 4) is 0 Å². The molecule has 23 heavy (non-hydrogen) atoms. The number of rotatable bonds is 5. The maximum absolute atomic E-state index is 13.3. The fourth-order valence-electron chi connectivity index (χ4n) is 3.27. The van der Waals surface area contributed by atoms with Crippen molar-refractivity contribution in [2.75, 3.05) is 20.6 Å². The summed E-state index contributed by atoms with van der Waals surface area (Å²) in [6.07, 6.45) is 1.92. The molecule has 1 aliphatic rings. The third kappa shape index (κ3) is 3.77. The first-order valence-corrected chi connectivity index (χ1v) is 7.75. The highest BCUT2D eigenvalue weighted by Gasteiger charge is 2.41. The summed E-state index contributed by atoms with van der Waals surface area (Å²) in [6.45, 7) is 1.63. The quantitative estimate of drug-likeness (QED) is 0.784. The number of hydrogen-bond donors (Lipinski definition) is 0. The molecule has 0 radical (unpaired) electrons. The maximum Gasteiger partial charge on any atom is 0.316 e. The summed E-state index contributed by atoms with van der Waals surface area (Å²) in [7, 11) is 4.15. The van der Waals surface area contributed by atoms with Crippen LogP contribution in [0.3, 0.4) is 0 Å². The van der Waals surface area contributed by atoms with E-state index in [2.05, 4.69) is 37.2 Å². The van der Waals surface area contributed by atoms with E-state index in [-0.39, 0.29) is 28.9 Å². The second kappa shape index (κ2) is 7.75. The van der Waals surface area contributed by atoms with Crippen LogP contribution in [0.15, 0.2) is 48.5 Å². The third-order valence-electron chi connectivity index (χ3n) is 4.37. The molecule has 0 aliphatic carbocycles. The van der Waals surface area contributed by atoms with E-state index in [1.807, 2.05) is 18.2 Å². The highest BCUT2D eigenvalue weighted by atomic mass is 24.3. The van der Waals surface area contributed by atoms with E-state index in [1.54, 1.807) is 0 Å². The van der Waals surface area contributed by atoms with Crippen molar-refractivity contribution in [1.82, 2.24) is 4.90 Å². The van der Waals surface area contributed by atoms with Gasteiger partial charge in [-0.25, -0.2) is 4.39 Å². The number of ether oxygens (including phenoxy) is 1. The van der Waals surface area contributed by atoms with Crippen molar-refractivity contribution >= 4 is 23.1 Å². The first-order valence-electron chi connectivity index (χ1n) is 7.75. The van der Waals surface area contributed by atoms with Crippen molar-refractivity contribution in [3.05, 3.63) is 71.0 Å². The summed E-state index contributed by atoms with van der Waals surface area (Å²) in [4.78, 5) is 2.18. The van der Waals surface area contributed by atoms with Gasteiger partial charge in [-0.3, -0.25) is 0 Å². The van der Waals surface area contributed by atoms with Crippen LogP contribution < -0.4 is 0 Å². The molecule has 0 saturated heterocycles. The minimum atomic E-state index is -0.444. The van der Waals surface area contributed by atoms with Gasteiger partial charge in [-0.1, -0.05) is 36.4 Å². The Morgan fingerprint density at radius 3 is 2.48 bits per heavy atom. The van der Waals surface area contributed by atoms with Gasteiger partial charge in [-0.2, -0.15) is 0 Å². The van der Waals surface area contributed by atoms with Crippen molar-refractivity contribution in [2.24, 2.45) is 0 Å². The van der Waals surface area contributed by atoms with Gasteiger partial charge in [0.1, 0.15) is 11.4 Å². The molecular formula is C19H24FMgNO. The number of nitrogens with zero attached hydrogens (tertiary/aromatic N) is 1. The Kier molecular flexibility index (Phi) is 6.20. The highest BCUT2D eigenvalue weighted by Crippen LogP contribution is 2.45. The zero-order chi connectivity index (χ0) is 15.6. The Balaban J connectivity index is 0.00000192. The fraction of sp³-hybridized carbons (Fsp3) is 0.368. The van der Waals surface area contributed by atoms with Gasteiger partial charge >= 0.3 is 23.1 Å². The number of hydrogen-bond acceptors (Lipinski definition) is 2. The molecule has 2 nitrogen and oxygen atoms in total. The van der Waals surface area contributed by atoms with Gasteiger partial charge in [0.15, 0.2) is 0 Å². The summed E-state index contributed by atoms with van der Waals surface area (Å²) in [5.74, 6) is -0.210. The summed E-state index contributed by atoms with van der Waals surface area (Å²) in [5, 5.41) is 0. The summed E-state index contributed by atoms with van der Waals surface area (Å²) in [5.41, 5.74) is 3.05. The lowest BCUT2D eigenvalue weighted by atomic mass is 9.82. The molecule has 0 amide bonds. The molecule has 2 aromatic rings. The average Bonchev–Trinajstić information content (AvgIpc) is 2.88. The number of halogens is 1. The summed E-state index contributed by atoms with van der Waals surface area (Å²) < 4.78 is 19.6. The maximum atomic E-state index is 13.3. The zero-order valence-corrected chi connectivity index (χ0v) is 13.2. The lowest BCUT2D eigenvalue weighted by Crippen LogP contribution is -2.28. The van der Waals surface area contributed by atoms with E-state index < -0.39 is 5.60 Å². The van der Waals surface area contributed by atoms with Crippen LogP contribution in [0.1, 0.15) is 29.5 Å². The van der Waals surface area contributed by atoms with E-state index in [4.69, 9.17) is 4.74 Å². The van der Waals surface area contributed by atoms with E-state index >= 15 is 0 Å². The molecule has 0 fully saturated rings. The zero-order valence-electron chi connectivity index (χ0n) is 13.2. The Hall–Kier alpha value is -0.944. The molecule has 1 heterocycles. The van der Waals surface area contributed by atoms with Gasteiger partial charge in [0.25, 0.3) is 0 Å². The molecule has 3 rings (SSSR count). The van der Waals surface area contributed by atoms with Crippen LogP contribution in [0.4, 0.5) is 4.39 Å². The van der Waals surface area contributed by atoms with Crippen LogP contribution in [0, 0.1) is 5.82 Å². The van der Waals surface area contributed by atoms with Gasteiger partial charge < -0.3 is 9.64 Å². The minimum Gasteiger partial charge on any atom is -0.361 e. The normalized spacial score (nSPS) is 19.5. The van der Waals surface area contributed by atoms with Crippen LogP contribution in [-0.4, -0.2) is 48.6 Å². The van der Waals surface area contributed by atoms with Crippen molar-refractivity contribution in [2.45, 2.75) is 25.0 Å². The smallest absolute Gasteiger partial charge is 0.316 e. The number of fused-ring (bicyclic) bond motifs is 1. The fourth-order valence-corrected chi connectivity index (χ4v) is 3.27. The molecule has 1 aliphatic heterocycles. The molecule has 0 N–H and O–H groups in total. The standard InChI is InChI=1S/C19H22FNO.Mg.2H/c1-21(2)13-5-12-19(16-8-10-17(20)11-9-16)18-7-4-3-6-15(18)14-22-19;;;/h3-4,6-11H,5,12-14H2,1-2H3;;;. The average molecular weight is 326 g/mol. The summed E-state index contributed by atoms with van der Waals surface area (Å²) in [6, 6.07) is 15.1. The second-order valence-corrected chi connectivity index (χ2v) is 6.19. The second-order valence-electron chi connectivity index (χ2n) is 6.19. The Morgan fingerprint density at radius 1 is 1.09 bits per heavy atom. The van der Waals surface area contributed by atoms with Crippen LogP contribution in [-0.2, 0) is 16.9 Å². The van der Waals surface area contributed by atoms with Gasteiger partial charge in [0, 0.05) is 0 Å². The van der Waals surface area contributed by atoms with E-state index in [9.17, 15) is 4.39 Å². The van der Waals surface area contributed by atoms with Crippen molar-refractivity contribution < 1.29 is 9.13 Å². The van der Waals surface area contributed by atoms with Crippen molar-refractivity contribution in [1.29, 1.82) is 0 Å². The lowest BCUT2D eigenvalue weighted by Gasteiger charge is -2.31. The van der Waals surface area contributed by atoms with Crippen LogP contribution in [0.25, 0.3) is 0 Å². The third-order valence-corrected chi connectivity index (χ3v) is 4.37. The Labute approximate surface area is 153 Å². The van der Waals surface area contributed by atoms with Crippen LogP contribution >= 0.6 is 0 Å². The SMILES string of the molecule is CN(C)CCCC1(c2ccc(F)cc2)OCc2ccccc21.[MgH2]. The molecule has 1 unspecified atom stereocenters. The van der Waals surface area contributed by atoms with E-state index in [1.165, 1.54) is 23.3 Å². The van der Waals surface area contributed by atoms with Crippen molar-refractivity contribution in [3.63, 3.8) is 0 Å². The van der Waals surface area contributed by atoms with E-state index in [0.29, 0.717) is 6.61 Å². The predicted octanol–water partition coefficient (Wildman–Crippen LogP) is 3.03. The topological polar surface area (TPSA) is 12.5 Å². The minimum absolute atomic E-state index is 0. The molecule has 2 aromatic carbocycles. The summed E-state index contributed by atoms with van der Waals surface area (Å²) >= 11 is 0. The predicted molar refractivity (Wildman–Crippen MR) is 94.7 cm³/mol. The molecule has 4 heteroatoms. The molecule has 0 spiro atoms. The molecule has 0 saturated carbocycles. The monoisotopic (exact) mass is 325 g/mol. The highest BCUT2D eigenvalue weighted by molar-refractivity contribution is 5.75. The lowest BCUT2D eigenvalue weighted by molar-refractivity contribution is -0.0140. The Bertz CT molecular complexity index is 644. The van der Waals surface area contributed by atoms with Gasteiger partial charge in [-0.15, -0.1) is 0 Å². The molecule has 120 valence electrons. The first kappa shape index (κ1) is 18.4. The molecular weight excluding hydrogens is 302 g/mol. The van der Waals surface area contributed by atoms with Crippen LogP contribution in [0.2, 0.25) is 0 Å². The number of benzene rings is 2. The molecule has 1 atom stereocenters. The van der Waals surface area contributed by atoms with E-state index in [0.717, 1.165) is 24.9 Å². The van der Waals surface area contributed by atoms with Gasteiger partial charge in [0.2, 0.25) is 0 Å². The van der Waals surface area contributed by atoms with Gasteiger partial charge in [0.05, 0.1) is 6.61 Å². The first-order chi connectivity index (χ1) is 10.6. The Morgan fingerprint density at radius 2 is 1.78 bits per heavy atom. The molecule has 0 aromatic heterocycles. The largest absolute Gasteiger partial charge is 0.361 e. The van der Waals surface area contributed by atoms with Gasteiger partial charge in [-0.05, 0) is 62.3 Å². The molecule has 0 bridgehead atoms. The van der Waals surface area contributed by atoms with Crippen LogP contribution in [0.5, 0.6) is 0 Å².